The van der Waals surface area contributed by atoms with Gasteiger partial charge in [0.15, 0.2) is 0 Å². The second-order valence-corrected chi connectivity index (χ2v) is 8.53. The van der Waals surface area contributed by atoms with Crippen LogP contribution in [0.1, 0.15) is 36.8 Å². The van der Waals surface area contributed by atoms with Gasteiger partial charge in [-0.1, -0.05) is 30.3 Å². The summed E-state index contributed by atoms with van der Waals surface area (Å²) in [4.78, 5) is 15.3. The summed E-state index contributed by atoms with van der Waals surface area (Å²) in [5.41, 5.74) is 3.79. The Hall–Kier alpha value is -2.04. The summed E-state index contributed by atoms with van der Waals surface area (Å²) in [5.74, 6) is 1.47. The summed E-state index contributed by atoms with van der Waals surface area (Å²) >= 11 is 0. The van der Waals surface area contributed by atoms with Crippen molar-refractivity contribution in [2.24, 2.45) is 11.3 Å². The Labute approximate surface area is 179 Å². The smallest absolute Gasteiger partial charge is 0.230 e. The summed E-state index contributed by atoms with van der Waals surface area (Å²) in [7, 11) is 0. The molecule has 1 amide bonds. The SMILES string of the molecule is Cl.O=C(C1CC12CCNCC2)N1CCCc2cc(OCc3ccccc3)ccc21. The van der Waals surface area contributed by atoms with E-state index in [4.69, 9.17) is 4.74 Å². The fourth-order valence-electron chi connectivity index (χ4n) is 5.00. The van der Waals surface area contributed by atoms with Gasteiger partial charge in [0.2, 0.25) is 5.91 Å². The number of benzene rings is 2. The van der Waals surface area contributed by atoms with E-state index in [0.29, 0.717) is 17.9 Å². The van der Waals surface area contributed by atoms with E-state index in [-0.39, 0.29) is 18.3 Å². The number of nitrogens with zero attached hydrogens (tertiary/aromatic N) is 1. The number of anilines is 1. The third-order valence-corrected chi connectivity index (χ3v) is 6.77. The van der Waals surface area contributed by atoms with Gasteiger partial charge in [0.05, 0.1) is 0 Å². The monoisotopic (exact) mass is 412 g/mol. The van der Waals surface area contributed by atoms with Crippen LogP contribution in [0.2, 0.25) is 0 Å². The van der Waals surface area contributed by atoms with Crippen molar-refractivity contribution in [2.45, 2.75) is 38.7 Å². The minimum Gasteiger partial charge on any atom is -0.489 e. The van der Waals surface area contributed by atoms with Crippen LogP contribution in [0.15, 0.2) is 48.5 Å². The Morgan fingerprint density at radius 3 is 2.72 bits per heavy atom. The molecule has 1 N–H and O–H groups in total. The second-order valence-electron chi connectivity index (χ2n) is 8.53. The molecule has 2 heterocycles. The van der Waals surface area contributed by atoms with E-state index in [1.165, 1.54) is 5.56 Å². The Balaban J connectivity index is 0.00000205. The molecule has 3 aliphatic rings. The lowest BCUT2D eigenvalue weighted by Crippen LogP contribution is -2.39. The van der Waals surface area contributed by atoms with Crippen molar-refractivity contribution in [1.29, 1.82) is 0 Å². The number of fused-ring (bicyclic) bond motifs is 1. The van der Waals surface area contributed by atoms with Gasteiger partial charge in [0, 0.05) is 18.2 Å². The maximum absolute atomic E-state index is 13.3. The number of nitrogens with one attached hydrogen (secondary N) is 1. The number of piperidine rings is 1. The third-order valence-electron chi connectivity index (χ3n) is 6.77. The highest BCUT2D eigenvalue weighted by molar-refractivity contribution is 5.98. The first-order valence-corrected chi connectivity index (χ1v) is 10.6. The number of ether oxygens (including phenoxy) is 1. The zero-order valence-electron chi connectivity index (χ0n) is 16.7. The summed E-state index contributed by atoms with van der Waals surface area (Å²) in [6.07, 6.45) is 5.42. The molecule has 4 nitrogen and oxygen atoms in total. The average Bonchev–Trinajstić information content (AvgIpc) is 3.45. The molecule has 1 saturated carbocycles. The van der Waals surface area contributed by atoms with Crippen LogP contribution >= 0.6 is 12.4 Å². The number of carbonyl (C=O) groups excluding carboxylic acids is 1. The Kier molecular flexibility index (Phi) is 5.84. The van der Waals surface area contributed by atoms with Crippen molar-refractivity contribution < 1.29 is 9.53 Å². The van der Waals surface area contributed by atoms with Crippen LogP contribution in [0.4, 0.5) is 5.69 Å². The molecule has 0 aromatic heterocycles. The van der Waals surface area contributed by atoms with Gasteiger partial charge >= 0.3 is 0 Å². The first-order valence-electron chi connectivity index (χ1n) is 10.6. The molecular weight excluding hydrogens is 384 g/mol. The van der Waals surface area contributed by atoms with E-state index in [1.54, 1.807) is 0 Å². The molecule has 2 aromatic carbocycles. The van der Waals surface area contributed by atoms with Gasteiger partial charge < -0.3 is 15.0 Å². The number of hydrogen-bond donors (Lipinski definition) is 1. The van der Waals surface area contributed by atoms with Gasteiger partial charge in [-0.2, -0.15) is 0 Å². The predicted molar refractivity (Wildman–Crippen MR) is 118 cm³/mol. The van der Waals surface area contributed by atoms with Gasteiger partial charge in [-0.3, -0.25) is 4.79 Å². The number of aryl methyl sites for hydroxylation is 1. The molecule has 2 fully saturated rings. The number of halogens is 1. The van der Waals surface area contributed by atoms with E-state index in [1.807, 2.05) is 24.3 Å². The molecule has 5 heteroatoms. The van der Waals surface area contributed by atoms with Crippen LogP contribution in [0.25, 0.3) is 0 Å². The van der Waals surface area contributed by atoms with Gasteiger partial charge in [0.1, 0.15) is 12.4 Å². The van der Waals surface area contributed by atoms with Crippen LogP contribution in [0.5, 0.6) is 5.75 Å². The lowest BCUT2D eigenvalue weighted by Gasteiger charge is -2.31. The standard InChI is InChI=1S/C24H28N2O2.ClH/c27-23(21-16-24(21)10-12-25-13-11-24)26-14-4-7-19-15-20(8-9-22(19)26)28-17-18-5-2-1-3-6-18;/h1-3,5-6,8-9,15,21,25H,4,7,10-14,16-17H2;1H. The largest absolute Gasteiger partial charge is 0.489 e. The zero-order valence-corrected chi connectivity index (χ0v) is 17.5. The first kappa shape index (κ1) is 20.2. The van der Waals surface area contributed by atoms with E-state index in [2.05, 4.69) is 34.5 Å². The highest BCUT2D eigenvalue weighted by atomic mass is 35.5. The molecule has 0 bridgehead atoms. The summed E-state index contributed by atoms with van der Waals surface area (Å²) in [6, 6.07) is 16.5. The molecule has 0 radical (unpaired) electrons. The van der Waals surface area contributed by atoms with Crippen LogP contribution < -0.4 is 15.0 Å². The molecular formula is C24H29ClN2O2. The average molecular weight is 413 g/mol. The van der Waals surface area contributed by atoms with Crippen molar-refractivity contribution >= 4 is 24.0 Å². The maximum Gasteiger partial charge on any atom is 0.230 e. The minimum atomic E-state index is 0. The molecule has 2 aromatic rings. The van der Waals surface area contributed by atoms with Crippen LogP contribution in [0.3, 0.4) is 0 Å². The highest BCUT2D eigenvalue weighted by Crippen LogP contribution is 2.59. The molecule has 1 aliphatic carbocycles. The van der Waals surface area contributed by atoms with Crippen molar-refractivity contribution in [2.75, 3.05) is 24.5 Å². The van der Waals surface area contributed by atoms with Crippen molar-refractivity contribution in [1.82, 2.24) is 5.32 Å². The molecule has 1 saturated heterocycles. The fraction of sp³-hybridized carbons (Fsp3) is 0.458. The van der Waals surface area contributed by atoms with Crippen molar-refractivity contribution in [3.05, 3.63) is 59.7 Å². The Bertz CT molecular complexity index is 864. The molecule has 154 valence electrons. The van der Waals surface area contributed by atoms with E-state index >= 15 is 0 Å². The molecule has 1 unspecified atom stereocenters. The fourth-order valence-corrected chi connectivity index (χ4v) is 5.00. The maximum atomic E-state index is 13.3. The van der Waals surface area contributed by atoms with Crippen molar-refractivity contribution in [3.8, 4) is 5.75 Å². The van der Waals surface area contributed by atoms with Crippen LogP contribution in [-0.2, 0) is 17.8 Å². The predicted octanol–water partition coefficient (Wildman–Crippen LogP) is 4.36. The Morgan fingerprint density at radius 1 is 1.14 bits per heavy atom. The van der Waals surface area contributed by atoms with E-state index in [9.17, 15) is 4.79 Å². The Morgan fingerprint density at radius 2 is 1.93 bits per heavy atom. The summed E-state index contributed by atoms with van der Waals surface area (Å²) in [6.45, 7) is 3.53. The van der Waals surface area contributed by atoms with E-state index in [0.717, 1.165) is 68.7 Å². The molecule has 5 rings (SSSR count). The van der Waals surface area contributed by atoms with Gasteiger partial charge in [-0.05, 0) is 79.9 Å². The molecule has 1 atom stereocenters. The van der Waals surface area contributed by atoms with Gasteiger partial charge in [-0.15, -0.1) is 12.4 Å². The lowest BCUT2D eigenvalue weighted by molar-refractivity contribution is -0.120. The lowest BCUT2D eigenvalue weighted by atomic mass is 9.91. The highest BCUT2D eigenvalue weighted by Gasteiger charge is 2.58. The minimum absolute atomic E-state index is 0. The first-order chi connectivity index (χ1) is 13.8. The number of hydrogen-bond acceptors (Lipinski definition) is 3. The van der Waals surface area contributed by atoms with Gasteiger partial charge in [0.25, 0.3) is 0 Å². The zero-order chi connectivity index (χ0) is 19.0. The van der Waals surface area contributed by atoms with Crippen LogP contribution in [0, 0.1) is 11.3 Å². The normalized spacial score (nSPS) is 21.8. The van der Waals surface area contributed by atoms with Crippen molar-refractivity contribution in [3.63, 3.8) is 0 Å². The molecule has 29 heavy (non-hydrogen) atoms. The number of carbonyl (C=O) groups is 1. The number of rotatable bonds is 4. The molecule has 2 aliphatic heterocycles. The summed E-state index contributed by atoms with van der Waals surface area (Å²) < 4.78 is 5.99. The topological polar surface area (TPSA) is 41.6 Å². The second kappa shape index (κ2) is 8.37. The molecule has 1 spiro atoms. The van der Waals surface area contributed by atoms with E-state index < -0.39 is 0 Å². The quantitative estimate of drug-likeness (QED) is 0.811. The van der Waals surface area contributed by atoms with Crippen LogP contribution in [-0.4, -0.2) is 25.5 Å². The van der Waals surface area contributed by atoms with Gasteiger partial charge in [-0.25, -0.2) is 0 Å². The number of amides is 1. The summed E-state index contributed by atoms with van der Waals surface area (Å²) in [5, 5.41) is 3.43. The third kappa shape index (κ3) is 4.01.